The molecule has 0 spiro atoms. The van der Waals surface area contributed by atoms with Gasteiger partial charge in [0.05, 0.1) is 0 Å². The molecule has 2 fully saturated rings. The zero-order valence-electron chi connectivity index (χ0n) is 11.5. The molecular formula is C16H29N. The SMILES string of the molecule is C=CCCCCCC(NC)C1C2CCCCC21. The van der Waals surface area contributed by atoms with E-state index in [0.717, 1.165) is 23.8 Å². The second-order valence-corrected chi connectivity index (χ2v) is 6.01. The number of rotatable bonds is 8. The maximum Gasteiger partial charge on any atom is 0.00978 e. The number of unbranched alkanes of at least 4 members (excludes halogenated alkanes) is 3. The van der Waals surface area contributed by atoms with Crippen molar-refractivity contribution in [2.75, 3.05) is 7.05 Å². The van der Waals surface area contributed by atoms with Crippen molar-refractivity contribution in [3.8, 4) is 0 Å². The Bertz CT molecular complexity index is 224. The number of nitrogens with one attached hydrogen (secondary N) is 1. The minimum atomic E-state index is 0.812. The van der Waals surface area contributed by atoms with Crippen molar-refractivity contribution in [3.63, 3.8) is 0 Å². The molecule has 0 bridgehead atoms. The average Bonchev–Trinajstić information content (AvgIpc) is 3.08. The van der Waals surface area contributed by atoms with Crippen LogP contribution in [0.5, 0.6) is 0 Å². The fraction of sp³-hybridized carbons (Fsp3) is 0.875. The van der Waals surface area contributed by atoms with Crippen LogP contribution in [0.1, 0.15) is 57.8 Å². The summed E-state index contributed by atoms with van der Waals surface area (Å²) in [4.78, 5) is 0. The topological polar surface area (TPSA) is 12.0 Å². The van der Waals surface area contributed by atoms with E-state index in [0.29, 0.717) is 0 Å². The summed E-state index contributed by atoms with van der Waals surface area (Å²) in [6.07, 6.45) is 14.8. The second kappa shape index (κ2) is 6.58. The number of allylic oxidation sites excluding steroid dienone is 1. The summed E-state index contributed by atoms with van der Waals surface area (Å²) >= 11 is 0. The fourth-order valence-corrected chi connectivity index (χ4v) is 4.00. The maximum absolute atomic E-state index is 3.78. The molecule has 17 heavy (non-hydrogen) atoms. The molecule has 2 aliphatic rings. The van der Waals surface area contributed by atoms with Gasteiger partial charge in [0, 0.05) is 6.04 Å². The lowest BCUT2D eigenvalue weighted by Gasteiger charge is -2.16. The van der Waals surface area contributed by atoms with Gasteiger partial charge in [-0.05, 0) is 56.9 Å². The molecular weight excluding hydrogens is 206 g/mol. The molecule has 0 amide bonds. The number of hydrogen-bond acceptors (Lipinski definition) is 1. The van der Waals surface area contributed by atoms with Crippen LogP contribution in [0.3, 0.4) is 0 Å². The van der Waals surface area contributed by atoms with Gasteiger partial charge in [0.2, 0.25) is 0 Å². The van der Waals surface area contributed by atoms with Crippen LogP contribution in [0.25, 0.3) is 0 Å². The van der Waals surface area contributed by atoms with Crippen molar-refractivity contribution in [3.05, 3.63) is 12.7 Å². The van der Waals surface area contributed by atoms with E-state index in [1.165, 1.54) is 57.8 Å². The van der Waals surface area contributed by atoms with E-state index in [1.54, 1.807) is 0 Å². The summed E-state index contributed by atoms with van der Waals surface area (Å²) < 4.78 is 0. The Balaban J connectivity index is 1.65. The van der Waals surface area contributed by atoms with Gasteiger partial charge in [0.25, 0.3) is 0 Å². The van der Waals surface area contributed by atoms with Crippen LogP contribution >= 0.6 is 0 Å². The summed E-state index contributed by atoms with van der Waals surface area (Å²) in [6.45, 7) is 3.78. The van der Waals surface area contributed by atoms with E-state index < -0.39 is 0 Å². The zero-order valence-corrected chi connectivity index (χ0v) is 11.5. The predicted octanol–water partition coefficient (Wildman–Crippen LogP) is 4.15. The molecule has 98 valence electrons. The standard InChI is InChI=1S/C16H29N/c1-3-4-5-6-7-12-15(17-2)16-13-10-8-9-11-14(13)16/h3,13-17H,1,4-12H2,2H3. The van der Waals surface area contributed by atoms with Crippen LogP contribution in [-0.4, -0.2) is 13.1 Å². The van der Waals surface area contributed by atoms with E-state index in [-0.39, 0.29) is 0 Å². The molecule has 2 aliphatic carbocycles. The molecule has 1 heteroatoms. The quantitative estimate of drug-likeness (QED) is 0.492. The summed E-state index contributed by atoms with van der Waals surface area (Å²) in [5.41, 5.74) is 0. The van der Waals surface area contributed by atoms with Gasteiger partial charge in [-0.3, -0.25) is 0 Å². The van der Waals surface area contributed by atoms with Crippen molar-refractivity contribution in [1.82, 2.24) is 5.32 Å². The summed E-state index contributed by atoms with van der Waals surface area (Å²) in [5.74, 6) is 3.21. The van der Waals surface area contributed by atoms with Gasteiger partial charge in [0.15, 0.2) is 0 Å². The highest BCUT2D eigenvalue weighted by atomic mass is 14.9. The predicted molar refractivity (Wildman–Crippen MR) is 75.1 cm³/mol. The zero-order chi connectivity index (χ0) is 12.1. The van der Waals surface area contributed by atoms with Gasteiger partial charge in [-0.15, -0.1) is 6.58 Å². The van der Waals surface area contributed by atoms with Crippen LogP contribution in [0, 0.1) is 17.8 Å². The lowest BCUT2D eigenvalue weighted by molar-refractivity contribution is 0.416. The Labute approximate surface area is 107 Å². The monoisotopic (exact) mass is 235 g/mol. The summed E-state index contributed by atoms with van der Waals surface area (Å²) in [5, 5.41) is 3.59. The molecule has 0 radical (unpaired) electrons. The van der Waals surface area contributed by atoms with E-state index in [9.17, 15) is 0 Å². The molecule has 0 aromatic heterocycles. The highest BCUT2D eigenvalue weighted by Gasteiger charge is 2.53. The molecule has 0 heterocycles. The highest BCUT2D eigenvalue weighted by molar-refractivity contribution is 5.04. The van der Waals surface area contributed by atoms with E-state index in [2.05, 4.69) is 18.9 Å². The molecule has 2 rings (SSSR count). The first-order valence-electron chi connectivity index (χ1n) is 7.66. The molecule has 3 atom stereocenters. The average molecular weight is 235 g/mol. The van der Waals surface area contributed by atoms with E-state index in [1.807, 2.05) is 6.08 Å². The number of fused-ring (bicyclic) bond motifs is 1. The lowest BCUT2D eigenvalue weighted by atomic mass is 10.0. The Hall–Kier alpha value is -0.300. The van der Waals surface area contributed by atoms with Crippen LogP contribution in [-0.2, 0) is 0 Å². The maximum atomic E-state index is 3.78. The van der Waals surface area contributed by atoms with Gasteiger partial charge in [0.1, 0.15) is 0 Å². The smallest absolute Gasteiger partial charge is 0.00978 e. The van der Waals surface area contributed by atoms with Gasteiger partial charge < -0.3 is 5.32 Å². The van der Waals surface area contributed by atoms with Crippen molar-refractivity contribution in [2.24, 2.45) is 17.8 Å². The van der Waals surface area contributed by atoms with Crippen molar-refractivity contribution >= 4 is 0 Å². The Morgan fingerprint density at radius 3 is 2.47 bits per heavy atom. The molecule has 1 nitrogen and oxygen atoms in total. The molecule has 0 aliphatic heterocycles. The van der Waals surface area contributed by atoms with Crippen LogP contribution in [0.2, 0.25) is 0 Å². The van der Waals surface area contributed by atoms with Crippen molar-refractivity contribution < 1.29 is 0 Å². The first-order valence-corrected chi connectivity index (χ1v) is 7.66. The molecule has 2 saturated carbocycles. The molecule has 0 aromatic carbocycles. The second-order valence-electron chi connectivity index (χ2n) is 6.01. The Kier molecular flexibility index (Phi) is 5.09. The van der Waals surface area contributed by atoms with Gasteiger partial charge >= 0.3 is 0 Å². The van der Waals surface area contributed by atoms with E-state index in [4.69, 9.17) is 0 Å². The Morgan fingerprint density at radius 1 is 1.18 bits per heavy atom. The molecule has 3 unspecified atom stereocenters. The Morgan fingerprint density at radius 2 is 1.88 bits per heavy atom. The third-order valence-electron chi connectivity index (χ3n) is 4.98. The highest BCUT2D eigenvalue weighted by Crippen LogP contribution is 2.57. The normalized spacial score (nSPS) is 32.9. The van der Waals surface area contributed by atoms with Crippen LogP contribution in [0.15, 0.2) is 12.7 Å². The van der Waals surface area contributed by atoms with E-state index >= 15 is 0 Å². The first kappa shape index (κ1) is 13.1. The van der Waals surface area contributed by atoms with Crippen LogP contribution < -0.4 is 5.32 Å². The molecule has 0 saturated heterocycles. The van der Waals surface area contributed by atoms with Gasteiger partial charge in [-0.25, -0.2) is 0 Å². The molecule has 1 N–H and O–H groups in total. The summed E-state index contributed by atoms with van der Waals surface area (Å²) in [6, 6.07) is 0.812. The van der Waals surface area contributed by atoms with Crippen molar-refractivity contribution in [2.45, 2.75) is 63.8 Å². The largest absolute Gasteiger partial charge is 0.317 e. The van der Waals surface area contributed by atoms with Crippen LogP contribution in [0.4, 0.5) is 0 Å². The first-order chi connectivity index (χ1) is 8.38. The number of hydrogen-bond donors (Lipinski definition) is 1. The lowest BCUT2D eigenvalue weighted by Crippen LogP contribution is -2.28. The van der Waals surface area contributed by atoms with Gasteiger partial charge in [-0.1, -0.05) is 31.8 Å². The van der Waals surface area contributed by atoms with Gasteiger partial charge in [-0.2, -0.15) is 0 Å². The third kappa shape index (κ3) is 3.34. The molecule has 0 aromatic rings. The van der Waals surface area contributed by atoms with Crippen molar-refractivity contribution in [1.29, 1.82) is 0 Å². The third-order valence-corrected chi connectivity index (χ3v) is 4.98. The minimum Gasteiger partial charge on any atom is -0.317 e. The minimum absolute atomic E-state index is 0.812. The fourth-order valence-electron chi connectivity index (χ4n) is 4.00. The summed E-state index contributed by atoms with van der Waals surface area (Å²) in [7, 11) is 2.17.